The molecule has 0 N–H and O–H groups in total. The topological polar surface area (TPSA) is 0 Å². The third kappa shape index (κ3) is 1.35. The molecule has 0 unspecified atom stereocenters. The van der Waals surface area contributed by atoms with E-state index in [0.717, 1.165) is 0 Å². The molecule has 1 aliphatic rings. The van der Waals surface area contributed by atoms with E-state index in [1.807, 2.05) is 0 Å². The van der Waals surface area contributed by atoms with Crippen LogP contribution in [0.1, 0.15) is 0 Å². The fourth-order valence-electron chi connectivity index (χ4n) is 0.385. The van der Waals surface area contributed by atoms with E-state index in [0.29, 0.717) is 0 Å². The van der Waals surface area contributed by atoms with Crippen molar-refractivity contribution < 1.29 is 0 Å². The number of hydrogen-bond donors (Lipinski definition) is 0. The van der Waals surface area contributed by atoms with Crippen molar-refractivity contribution >= 4 is 25.8 Å². The zero-order valence-electron chi connectivity index (χ0n) is 3.46. The quantitative estimate of drug-likeness (QED) is 0.475. The van der Waals surface area contributed by atoms with Crippen LogP contribution in [0.3, 0.4) is 0 Å². The summed E-state index contributed by atoms with van der Waals surface area (Å²) in [5, 5.41) is 0. The van der Waals surface area contributed by atoms with Gasteiger partial charge in [-0.1, -0.05) is 0 Å². The Labute approximate surface area is 48.0 Å². The van der Waals surface area contributed by atoms with Crippen molar-refractivity contribution in [3.63, 3.8) is 0 Å². The minimum absolute atomic E-state index is 0.273. The summed E-state index contributed by atoms with van der Waals surface area (Å²) in [6.45, 7) is 0. The molecule has 0 atom stereocenters. The molecule has 1 heterocycles. The third-order valence-corrected chi connectivity index (χ3v) is 10.3. The molecular weight excluding hydrogens is 193 g/mol. The van der Waals surface area contributed by atoms with Gasteiger partial charge in [0.05, 0.1) is 0 Å². The summed E-state index contributed by atoms with van der Waals surface area (Å²) >= 11 is 0.547. The van der Waals surface area contributed by atoms with Gasteiger partial charge in [-0.15, -0.1) is 0 Å². The average molecular weight is 199 g/mol. The van der Waals surface area contributed by atoms with E-state index in [1.54, 1.807) is 0 Å². The van der Waals surface area contributed by atoms with E-state index in [2.05, 4.69) is 22.0 Å². The fraction of sp³-hybridized carbons (Fsp3) is 0. The Kier molecular flexibility index (Phi) is 2.12. The van der Waals surface area contributed by atoms with Gasteiger partial charge in [-0.25, -0.2) is 0 Å². The number of allylic oxidation sites excluding steroid dienone is 2. The van der Waals surface area contributed by atoms with E-state index in [9.17, 15) is 0 Å². The summed E-state index contributed by atoms with van der Waals surface area (Å²) in [5.41, 5.74) is 0. The zero-order valence-corrected chi connectivity index (χ0v) is 8.31. The van der Waals surface area contributed by atoms with Crippen molar-refractivity contribution in [2.75, 3.05) is 0 Å². The SMILES string of the molecule is C1=[CH][GeH]=[GeH][CH]=C1. The molecule has 6 heavy (non-hydrogen) atoms. The van der Waals surface area contributed by atoms with Crippen LogP contribution in [0.25, 0.3) is 0 Å². The minimum atomic E-state index is 0.273. The molecule has 0 fully saturated rings. The molecule has 0 radical (unpaired) electrons. The molecule has 0 spiro atoms. The second-order valence-electron chi connectivity index (χ2n) is 1.15. The molecule has 0 aliphatic carbocycles. The van der Waals surface area contributed by atoms with Gasteiger partial charge in [-0.3, -0.25) is 0 Å². The zero-order chi connectivity index (χ0) is 4.24. The third-order valence-electron chi connectivity index (χ3n) is 0.667. The predicted octanol–water partition coefficient (Wildman–Crippen LogP) is -0.185. The van der Waals surface area contributed by atoms with Gasteiger partial charge in [0.25, 0.3) is 0 Å². The molecular formula is C4H6Ge2. The van der Waals surface area contributed by atoms with E-state index in [4.69, 9.17) is 0 Å². The normalized spacial score (nSPS) is 16.0. The Hall–Kier alpha value is 0.566. The van der Waals surface area contributed by atoms with E-state index < -0.39 is 0 Å². The predicted molar refractivity (Wildman–Crippen MR) is 32.6 cm³/mol. The maximum absolute atomic E-state index is 2.41. The standard InChI is InChI=1S/C4H6Ge2/c1-2-4-6-5-3-1/h1-6H. The van der Waals surface area contributed by atoms with Crippen molar-refractivity contribution in [1.29, 1.82) is 0 Å². The van der Waals surface area contributed by atoms with E-state index in [-0.39, 0.29) is 25.8 Å². The second-order valence-corrected chi connectivity index (χ2v) is 12.8. The first kappa shape index (κ1) is 4.72. The first-order chi connectivity index (χ1) is 3.00. The molecule has 1 aliphatic heterocycles. The fourth-order valence-corrected chi connectivity index (χ4v) is 7.59. The summed E-state index contributed by atoms with van der Waals surface area (Å²) in [6, 6.07) is 0. The van der Waals surface area contributed by atoms with Crippen LogP contribution >= 0.6 is 0 Å². The molecule has 2 heteroatoms. The van der Waals surface area contributed by atoms with Crippen molar-refractivity contribution in [3.8, 4) is 0 Å². The summed E-state index contributed by atoms with van der Waals surface area (Å²) in [7, 11) is 0. The van der Waals surface area contributed by atoms with Crippen LogP contribution in [-0.2, 0) is 0 Å². The molecule has 0 amide bonds. The molecule has 0 aromatic heterocycles. The summed E-state index contributed by atoms with van der Waals surface area (Å²) < 4.78 is 0. The van der Waals surface area contributed by atoms with Crippen molar-refractivity contribution in [1.82, 2.24) is 0 Å². The van der Waals surface area contributed by atoms with Crippen LogP contribution in [0.15, 0.2) is 22.0 Å². The Morgan fingerprint density at radius 1 is 0.833 bits per heavy atom. The molecule has 1 rings (SSSR count). The van der Waals surface area contributed by atoms with Gasteiger partial charge in [0, 0.05) is 0 Å². The molecule has 0 aromatic carbocycles. The van der Waals surface area contributed by atoms with E-state index in [1.165, 1.54) is 0 Å². The van der Waals surface area contributed by atoms with E-state index >= 15 is 0 Å². The Morgan fingerprint density at radius 2 is 1.33 bits per heavy atom. The van der Waals surface area contributed by atoms with Gasteiger partial charge in [-0.2, -0.15) is 0 Å². The van der Waals surface area contributed by atoms with Gasteiger partial charge in [0.15, 0.2) is 0 Å². The monoisotopic (exact) mass is 202 g/mol. The number of rotatable bonds is 0. The van der Waals surface area contributed by atoms with Crippen molar-refractivity contribution in [3.05, 3.63) is 22.0 Å². The summed E-state index contributed by atoms with van der Waals surface area (Å²) in [4.78, 5) is 4.81. The summed E-state index contributed by atoms with van der Waals surface area (Å²) in [5.74, 6) is 0. The van der Waals surface area contributed by atoms with Gasteiger partial charge in [0.2, 0.25) is 0 Å². The van der Waals surface area contributed by atoms with Crippen molar-refractivity contribution in [2.24, 2.45) is 0 Å². The number of hydrogen-bond acceptors (Lipinski definition) is 0. The van der Waals surface area contributed by atoms with Crippen LogP contribution in [0, 0.1) is 0 Å². The van der Waals surface area contributed by atoms with Gasteiger partial charge in [0.1, 0.15) is 0 Å². The van der Waals surface area contributed by atoms with Crippen LogP contribution < -0.4 is 0 Å². The summed E-state index contributed by atoms with van der Waals surface area (Å²) in [6.07, 6.45) is 4.39. The van der Waals surface area contributed by atoms with Gasteiger partial charge >= 0.3 is 47.8 Å². The molecule has 0 saturated carbocycles. The van der Waals surface area contributed by atoms with Crippen LogP contribution in [-0.4, -0.2) is 25.8 Å². The molecule has 0 bridgehead atoms. The van der Waals surface area contributed by atoms with Crippen LogP contribution in [0.5, 0.6) is 0 Å². The van der Waals surface area contributed by atoms with Crippen LogP contribution in [0.2, 0.25) is 0 Å². The van der Waals surface area contributed by atoms with Gasteiger partial charge in [-0.05, 0) is 0 Å². The van der Waals surface area contributed by atoms with Crippen molar-refractivity contribution in [2.45, 2.75) is 0 Å². The second kappa shape index (κ2) is 2.69. The van der Waals surface area contributed by atoms with Gasteiger partial charge < -0.3 is 0 Å². The molecule has 30 valence electrons. The molecule has 0 aromatic rings. The van der Waals surface area contributed by atoms with Crippen LogP contribution in [0.4, 0.5) is 0 Å². The molecule has 0 saturated heterocycles. The Morgan fingerprint density at radius 3 is 1.50 bits per heavy atom. The molecule has 0 nitrogen and oxygen atoms in total. The Bertz CT molecular complexity index is 74.9. The Balaban J connectivity index is 2.77. The average Bonchev–Trinajstić information content (AvgIpc) is 1.72. The maximum atomic E-state index is 2.41. The first-order valence-electron chi connectivity index (χ1n) is 2.00. The first-order valence-corrected chi connectivity index (χ1v) is 13.5.